The van der Waals surface area contributed by atoms with Crippen LogP contribution >= 0.6 is 0 Å². The molecule has 1 aliphatic rings. The summed E-state index contributed by atoms with van der Waals surface area (Å²) in [6.07, 6.45) is 3.54. The van der Waals surface area contributed by atoms with E-state index in [1.165, 1.54) is 27.8 Å². The van der Waals surface area contributed by atoms with E-state index >= 15 is 0 Å². The molecule has 0 spiro atoms. The molecule has 0 aliphatic heterocycles. The number of allylic oxidation sites excluding steroid dienone is 1. The summed E-state index contributed by atoms with van der Waals surface area (Å²) in [5.41, 5.74) is 8.62. The first-order valence-corrected chi connectivity index (χ1v) is 7.05. The van der Waals surface area contributed by atoms with Gasteiger partial charge in [0.05, 0.1) is 0 Å². The molecule has 0 heteroatoms. The van der Waals surface area contributed by atoms with Gasteiger partial charge in [0.2, 0.25) is 0 Å². The van der Waals surface area contributed by atoms with Gasteiger partial charge in [0, 0.05) is 0 Å². The zero-order valence-corrected chi connectivity index (χ0v) is 11.9. The van der Waals surface area contributed by atoms with Gasteiger partial charge in [0.1, 0.15) is 0 Å². The zero-order valence-electron chi connectivity index (χ0n) is 11.9. The molecule has 0 amide bonds. The molecule has 0 heterocycles. The molecule has 1 aliphatic carbocycles. The quantitative estimate of drug-likeness (QED) is 0.680. The van der Waals surface area contributed by atoms with E-state index in [9.17, 15) is 0 Å². The predicted molar refractivity (Wildman–Crippen MR) is 83.1 cm³/mol. The Bertz CT molecular complexity index is 631. The molecule has 0 N–H and O–H groups in total. The van der Waals surface area contributed by atoms with Crippen molar-refractivity contribution in [3.8, 4) is 11.1 Å². The molecule has 0 atom stereocenters. The van der Waals surface area contributed by atoms with Crippen molar-refractivity contribution < 1.29 is 0 Å². The highest BCUT2D eigenvalue weighted by Crippen LogP contribution is 2.37. The summed E-state index contributed by atoms with van der Waals surface area (Å²) in [7, 11) is 0. The van der Waals surface area contributed by atoms with Crippen molar-refractivity contribution in [3.05, 3.63) is 64.7 Å². The highest BCUT2D eigenvalue weighted by Gasteiger charge is 2.19. The fourth-order valence-electron chi connectivity index (χ4n) is 2.85. The minimum Gasteiger partial charge on any atom is -0.0626 e. The van der Waals surface area contributed by atoms with E-state index in [1.807, 2.05) is 0 Å². The van der Waals surface area contributed by atoms with Crippen molar-refractivity contribution in [2.45, 2.75) is 27.2 Å². The molecule has 0 saturated carbocycles. The lowest BCUT2D eigenvalue weighted by atomic mass is 9.94. The molecular formula is C19H20. The summed E-state index contributed by atoms with van der Waals surface area (Å²) in [4.78, 5) is 0. The molecule has 3 rings (SSSR count). The van der Waals surface area contributed by atoms with Crippen LogP contribution in [0.5, 0.6) is 0 Å². The maximum Gasteiger partial charge on any atom is -0.00524 e. The number of aryl methyl sites for hydroxylation is 1. The van der Waals surface area contributed by atoms with Crippen molar-refractivity contribution in [1.29, 1.82) is 0 Å². The van der Waals surface area contributed by atoms with Gasteiger partial charge < -0.3 is 0 Å². The topological polar surface area (TPSA) is 0 Å². The van der Waals surface area contributed by atoms with Gasteiger partial charge in [-0.1, -0.05) is 68.0 Å². The summed E-state index contributed by atoms with van der Waals surface area (Å²) >= 11 is 0. The third-order valence-corrected chi connectivity index (χ3v) is 4.13. The molecule has 2 aromatic rings. The van der Waals surface area contributed by atoms with Gasteiger partial charge in [-0.15, -0.1) is 0 Å². The minimum atomic E-state index is 0.635. The summed E-state index contributed by atoms with van der Waals surface area (Å²) in [6.45, 7) is 6.80. The molecular weight excluding hydrogens is 228 g/mol. The SMILES string of the molecule is Cc1ccc(-c2ccccc2)c2c1CC(C(C)C)=C2. The van der Waals surface area contributed by atoms with Crippen LogP contribution in [0, 0.1) is 12.8 Å². The van der Waals surface area contributed by atoms with E-state index in [0.29, 0.717) is 5.92 Å². The summed E-state index contributed by atoms with van der Waals surface area (Å²) in [5, 5.41) is 0. The second-order valence-corrected chi connectivity index (χ2v) is 5.74. The second kappa shape index (κ2) is 4.70. The van der Waals surface area contributed by atoms with Crippen molar-refractivity contribution >= 4 is 6.08 Å². The Morgan fingerprint density at radius 1 is 0.947 bits per heavy atom. The monoisotopic (exact) mass is 248 g/mol. The van der Waals surface area contributed by atoms with Gasteiger partial charge in [-0.2, -0.15) is 0 Å². The van der Waals surface area contributed by atoms with Gasteiger partial charge in [0.15, 0.2) is 0 Å². The van der Waals surface area contributed by atoms with Gasteiger partial charge in [-0.05, 0) is 47.1 Å². The number of fused-ring (bicyclic) bond motifs is 1. The van der Waals surface area contributed by atoms with Crippen LogP contribution < -0.4 is 0 Å². The van der Waals surface area contributed by atoms with Crippen LogP contribution in [-0.4, -0.2) is 0 Å². The molecule has 0 unspecified atom stereocenters. The summed E-state index contributed by atoms with van der Waals surface area (Å²) in [5.74, 6) is 0.635. The smallest absolute Gasteiger partial charge is 0.00524 e. The third kappa shape index (κ3) is 2.12. The van der Waals surface area contributed by atoms with Crippen LogP contribution in [0.3, 0.4) is 0 Å². The minimum absolute atomic E-state index is 0.635. The molecule has 0 nitrogen and oxygen atoms in total. The Kier molecular flexibility index (Phi) is 3.02. The fraction of sp³-hybridized carbons (Fsp3) is 0.263. The number of benzene rings is 2. The molecule has 2 aromatic carbocycles. The molecule has 0 bridgehead atoms. The van der Waals surface area contributed by atoms with E-state index in [2.05, 4.69) is 69.3 Å². The maximum absolute atomic E-state index is 2.41. The lowest BCUT2D eigenvalue weighted by molar-refractivity contribution is 0.754. The second-order valence-electron chi connectivity index (χ2n) is 5.74. The first kappa shape index (κ1) is 12.2. The lowest BCUT2D eigenvalue weighted by Gasteiger charge is -2.10. The van der Waals surface area contributed by atoms with E-state index in [0.717, 1.165) is 6.42 Å². The molecule has 96 valence electrons. The molecule has 0 saturated heterocycles. The van der Waals surface area contributed by atoms with Gasteiger partial charge in [0.25, 0.3) is 0 Å². The molecule has 0 fully saturated rings. The Morgan fingerprint density at radius 2 is 1.68 bits per heavy atom. The maximum atomic E-state index is 2.41. The first-order chi connectivity index (χ1) is 9.16. The van der Waals surface area contributed by atoms with Crippen LogP contribution in [0.25, 0.3) is 17.2 Å². The van der Waals surface area contributed by atoms with Crippen LogP contribution in [-0.2, 0) is 6.42 Å². The number of rotatable bonds is 2. The normalized spacial score (nSPS) is 13.6. The fourth-order valence-corrected chi connectivity index (χ4v) is 2.85. The van der Waals surface area contributed by atoms with Crippen molar-refractivity contribution in [3.63, 3.8) is 0 Å². The van der Waals surface area contributed by atoms with E-state index < -0.39 is 0 Å². The van der Waals surface area contributed by atoms with E-state index in [-0.39, 0.29) is 0 Å². The summed E-state index contributed by atoms with van der Waals surface area (Å²) < 4.78 is 0. The highest BCUT2D eigenvalue weighted by molar-refractivity contribution is 5.81. The average Bonchev–Trinajstić information content (AvgIpc) is 2.86. The van der Waals surface area contributed by atoms with Crippen LogP contribution in [0.2, 0.25) is 0 Å². The highest BCUT2D eigenvalue weighted by atomic mass is 14.2. The van der Waals surface area contributed by atoms with E-state index in [4.69, 9.17) is 0 Å². The molecule has 19 heavy (non-hydrogen) atoms. The van der Waals surface area contributed by atoms with E-state index in [1.54, 1.807) is 5.57 Å². The largest absolute Gasteiger partial charge is 0.0626 e. The van der Waals surface area contributed by atoms with Crippen LogP contribution in [0.15, 0.2) is 48.0 Å². The van der Waals surface area contributed by atoms with Crippen molar-refractivity contribution in [1.82, 2.24) is 0 Å². The van der Waals surface area contributed by atoms with Crippen LogP contribution in [0.1, 0.15) is 30.5 Å². The van der Waals surface area contributed by atoms with Crippen molar-refractivity contribution in [2.75, 3.05) is 0 Å². The average molecular weight is 248 g/mol. The van der Waals surface area contributed by atoms with Gasteiger partial charge >= 0.3 is 0 Å². The summed E-state index contributed by atoms with van der Waals surface area (Å²) in [6, 6.07) is 15.2. The van der Waals surface area contributed by atoms with Gasteiger partial charge in [-0.25, -0.2) is 0 Å². The third-order valence-electron chi connectivity index (χ3n) is 4.13. The lowest BCUT2D eigenvalue weighted by Crippen LogP contribution is -1.95. The standard InChI is InChI=1S/C19H20/c1-13(2)16-11-18-14(3)9-10-17(19(18)12-16)15-7-5-4-6-8-15/h4-10,12-13H,11H2,1-3H3. The molecule has 0 aromatic heterocycles. The number of hydrogen-bond donors (Lipinski definition) is 0. The van der Waals surface area contributed by atoms with Crippen LogP contribution in [0.4, 0.5) is 0 Å². The Morgan fingerprint density at radius 3 is 2.37 bits per heavy atom. The molecule has 0 radical (unpaired) electrons. The zero-order chi connectivity index (χ0) is 13.4. The Hall–Kier alpha value is -1.82. The van der Waals surface area contributed by atoms with Gasteiger partial charge in [-0.3, -0.25) is 0 Å². The first-order valence-electron chi connectivity index (χ1n) is 7.05. The predicted octanol–water partition coefficient (Wildman–Crippen LogP) is 5.26. The van der Waals surface area contributed by atoms with Crippen molar-refractivity contribution in [2.24, 2.45) is 5.92 Å². The Labute approximate surface area is 115 Å². The number of hydrogen-bond acceptors (Lipinski definition) is 0. The Balaban J connectivity index is 2.17.